The molecule has 2 unspecified atom stereocenters. The fraction of sp³-hybridized carbons (Fsp3) is 0.450. The Morgan fingerprint density at radius 2 is 1.88 bits per heavy atom. The van der Waals surface area contributed by atoms with Crippen LogP contribution in [0.5, 0.6) is 0 Å². The van der Waals surface area contributed by atoms with Crippen LogP contribution in [0.1, 0.15) is 45.1 Å². The van der Waals surface area contributed by atoms with Crippen LogP contribution in [0.4, 0.5) is 0 Å². The summed E-state index contributed by atoms with van der Waals surface area (Å²) in [5.41, 5.74) is 2.63. The van der Waals surface area contributed by atoms with Crippen molar-refractivity contribution in [2.75, 3.05) is 7.11 Å². The number of nitrogens with zero attached hydrogens (tertiary/aromatic N) is 1. The number of esters is 1. The van der Waals surface area contributed by atoms with Crippen molar-refractivity contribution in [3.63, 3.8) is 0 Å². The molecular formula is C20H23NO3. The molecule has 1 heterocycles. The minimum Gasteiger partial charge on any atom is -0.466 e. The standard InChI is InChI=1S/C20H23NO3/c1-12-15(19(23)24-4)16(13-8-6-5-7-9-13)17-14(21-12)10-11-20(2,3)18(17)22/h5-9,16-17H,10-11H2,1-4H3. The molecule has 24 heavy (non-hydrogen) atoms. The minimum atomic E-state index is -0.402. The van der Waals surface area contributed by atoms with Gasteiger partial charge in [0.05, 0.1) is 18.6 Å². The number of carbonyl (C=O) groups is 2. The van der Waals surface area contributed by atoms with Gasteiger partial charge in [0.15, 0.2) is 0 Å². The number of fused-ring (bicyclic) bond motifs is 1. The van der Waals surface area contributed by atoms with Gasteiger partial charge in [-0.25, -0.2) is 4.79 Å². The zero-order valence-electron chi connectivity index (χ0n) is 14.6. The molecular weight excluding hydrogens is 302 g/mol. The van der Waals surface area contributed by atoms with Crippen molar-refractivity contribution in [2.45, 2.75) is 39.5 Å². The van der Waals surface area contributed by atoms with Crippen LogP contribution in [0.3, 0.4) is 0 Å². The SMILES string of the molecule is COC(=O)C1=C(C)N=C2CCC(C)(C)C(=O)C2C1c1ccccc1. The van der Waals surface area contributed by atoms with Gasteiger partial charge in [0, 0.05) is 22.7 Å². The van der Waals surface area contributed by atoms with E-state index in [0.717, 1.165) is 24.1 Å². The van der Waals surface area contributed by atoms with Gasteiger partial charge in [-0.3, -0.25) is 9.79 Å². The summed E-state index contributed by atoms with van der Waals surface area (Å²) in [5.74, 6) is -0.942. The molecule has 4 heteroatoms. The maximum atomic E-state index is 13.2. The van der Waals surface area contributed by atoms with Crippen LogP contribution in [-0.2, 0) is 14.3 Å². The minimum absolute atomic E-state index is 0.162. The van der Waals surface area contributed by atoms with Gasteiger partial charge in [0.25, 0.3) is 0 Å². The summed E-state index contributed by atoms with van der Waals surface area (Å²) < 4.78 is 5.00. The van der Waals surface area contributed by atoms with E-state index in [4.69, 9.17) is 4.74 Å². The van der Waals surface area contributed by atoms with Gasteiger partial charge in [-0.05, 0) is 25.3 Å². The molecule has 2 atom stereocenters. The van der Waals surface area contributed by atoms with Crippen molar-refractivity contribution in [3.8, 4) is 0 Å². The van der Waals surface area contributed by atoms with Gasteiger partial charge in [-0.1, -0.05) is 44.2 Å². The molecule has 1 aromatic carbocycles. The molecule has 126 valence electrons. The number of carbonyl (C=O) groups excluding carboxylic acids is 2. The van der Waals surface area contributed by atoms with Crippen molar-refractivity contribution in [1.82, 2.24) is 0 Å². The largest absolute Gasteiger partial charge is 0.466 e. The van der Waals surface area contributed by atoms with E-state index in [1.54, 1.807) is 0 Å². The third kappa shape index (κ3) is 2.60. The lowest BCUT2D eigenvalue weighted by Crippen LogP contribution is -2.46. The molecule has 1 saturated carbocycles. The molecule has 1 fully saturated rings. The molecule has 1 aliphatic heterocycles. The molecule has 3 rings (SSSR count). The summed E-state index contributed by atoms with van der Waals surface area (Å²) in [7, 11) is 1.37. The highest BCUT2D eigenvalue weighted by Crippen LogP contribution is 2.47. The van der Waals surface area contributed by atoms with E-state index in [1.807, 2.05) is 51.1 Å². The van der Waals surface area contributed by atoms with Gasteiger partial charge in [0.2, 0.25) is 0 Å². The molecule has 4 nitrogen and oxygen atoms in total. The predicted octanol–water partition coefficient (Wildman–Crippen LogP) is 3.68. The van der Waals surface area contributed by atoms with E-state index >= 15 is 0 Å². The summed E-state index contributed by atoms with van der Waals surface area (Å²) in [6.07, 6.45) is 1.59. The van der Waals surface area contributed by atoms with Crippen molar-refractivity contribution in [1.29, 1.82) is 0 Å². The molecule has 0 amide bonds. The highest BCUT2D eigenvalue weighted by atomic mass is 16.5. The van der Waals surface area contributed by atoms with Crippen LogP contribution in [0.25, 0.3) is 0 Å². The molecule has 0 aromatic heterocycles. The highest BCUT2D eigenvalue weighted by molar-refractivity contribution is 6.13. The van der Waals surface area contributed by atoms with E-state index in [2.05, 4.69) is 4.99 Å². The Bertz CT molecular complexity index is 743. The lowest BCUT2D eigenvalue weighted by molar-refractivity contribution is -0.137. The number of benzene rings is 1. The first-order valence-electron chi connectivity index (χ1n) is 8.32. The molecule has 0 radical (unpaired) electrons. The number of ketones is 1. The molecule has 0 saturated heterocycles. The Morgan fingerprint density at radius 3 is 2.50 bits per heavy atom. The summed E-state index contributed by atoms with van der Waals surface area (Å²) in [6, 6.07) is 9.74. The maximum absolute atomic E-state index is 13.2. The zero-order chi connectivity index (χ0) is 17.5. The third-order valence-electron chi connectivity index (χ3n) is 5.22. The average molecular weight is 325 g/mol. The van der Waals surface area contributed by atoms with Crippen LogP contribution in [0, 0.1) is 11.3 Å². The van der Waals surface area contributed by atoms with Crippen LogP contribution in [-0.4, -0.2) is 24.6 Å². The Kier molecular flexibility index (Phi) is 4.16. The lowest BCUT2D eigenvalue weighted by Gasteiger charge is -2.41. The van der Waals surface area contributed by atoms with Crippen molar-refractivity contribution in [3.05, 3.63) is 47.2 Å². The molecule has 0 bridgehead atoms. The molecule has 0 spiro atoms. The zero-order valence-corrected chi connectivity index (χ0v) is 14.6. The highest BCUT2D eigenvalue weighted by Gasteiger charge is 2.49. The van der Waals surface area contributed by atoms with Crippen molar-refractivity contribution in [2.24, 2.45) is 16.3 Å². The summed E-state index contributed by atoms with van der Waals surface area (Å²) >= 11 is 0. The van der Waals surface area contributed by atoms with Gasteiger partial charge >= 0.3 is 5.97 Å². The third-order valence-corrected chi connectivity index (χ3v) is 5.22. The van der Waals surface area contributed by atoms with Gasteiger partial charge < -0.3 is 4.74 Å². The Morgan fingerprint density at radius 1 is 1.21 bits per heavy atom. The number of rotatable bonds is 2. The van der Waals surface area contributed by atoms with E-state index in [1.165, 1.54) is 7.11 Å². The van der Waals surface area contributed by atoms with Crippen molar-refractivity contribution < 1.29 is 14.3 Å². The van der Waals surface area contributed by atoms with E-state index in [0.29, 0.717) is 11.3 Å². The number of ether oxygens (including phenoxy) is 1. The smallest absolute Gasteiger partial charge is 0.336 e. The quantitative estimate of drug-likeness (QED) is 0.780. The first kappa shape index (κ1) is 16.6. The van der Waals surface area contributed by atoms with Crippen LogP contribution in [0.15, 0.2) is 46.6 Å². The summed E-state index contributed by atoms with van der Waals surface area (Å²) in [6.45, 7) is 5.80. The first-order valence-corrected chi connectivity index (χ1v) is 8.32. The summed E-state index contributed by atoms with van der Waals surface area (Å²) in [5, 5.41) is 0. The van der Waals surface area contributed by atoms with Gasteiger partial charge in [0.1, 0.15) is 5.78 Å². The fourth-order valence-corrected chi connectivity index (χ4v) is 3.83. The second-order valence-electron chi connectivity index (χ2n) is 7.21. The first-order chi connectivity index (χ1) is 11.4. The van der Waals surface area contributed by atoms with Crippen molar-refractivity contribution >= 4 is 17.5 Å². The number of aliphatic imine (C=N–C) groups is 1. The lowest BCUT2D eigenvalue weighted by atomic mass is 9.62. The number of allylic oxidation sites excluding steroid dienone is 1. The van der Waals surface area contributed by atoms with E-state index < -0.39 is 11.4 Å². The van der Waals surface area contributed by atoms with E-state index in [-0.39, 0.29) is 17.6 Å². The molecule has 1 aromatic rings. The van der Waals surface area contributed by atoms with E-state index in [9.17, 15) is 9.59 Å². The Labute approximate surface area is 142 Å². The normalized spacial score (nSPS) is 25.8. The number of hydrogen-bond donors (Lipinski definition) is 0. The summed E-state index contributed by atoms with van der Waals surface area (Å²) in [4.78, 5) is 30.2. The predicted molar refractivity (Wildman–Crippen MR) is 92.8 cm³/mol. The maximum Gasteiger partial charge on any atom is 0.336 e. The Hall–Kier alpha value is -2.23. The van der Waals surface area contributed by atoms with Crippen LogP contribution < -0.4 is 0 Å². The van der Waals surface area contributed by atoms with Crippen LogP contribution >= 0.6 is 0 Å². The average Bonchev–Trinajstić information content (AvgIpc) is 2.57. The molecule has 2 aliphatic rings. The second kappa shape index (κ2) is 6.00. The van der Waals surface area contributed by atoms with Crippen LogP contribution in [0.2, 0.25) is 0 Å². The Balaban J connectivity index is 2.20. The number of methoxy groups -OCH3 is 1. The molecule has 1 aliphatic carbocycles. The number of hydrogen-bond acceptors (Lipinski definition) is 4. The molecule has 0 N–H and O–H groups in total. The topological polar surface area (TPSA) is 55.7 Å². The fourth-order valence-electron chi connectivity index (χ4n) is 3.83. The van der Waals surface area contributed by atoms with Gasteiger partial charge in [-0.15, -0.1) is 0 Å². The number of Topliss-reactive ketones (excluding diaryl/α,β-unsaturated/α-hetero) is 1. The van der Waals surface area contributed by atoms with Gasteiger partial charge in [-0.2, -0.15) is 0 Å². The monoisotopic (exact) mass is 325 g/mol. The second-order valence-corrected chi connectivity index (χ2v) is 7.21.